The Bertz CT molecular complexity index is 720. The van der Waals surface area contributed by atoms with Crippen molar-refractivity contribution < 1.29 is 22.3 Å². The van der Waals surface area contributed by atoms with Crippen LogP contribution in [0.15, 0.2) is 41.0 Å². The highest BCUT2D eigenvalue weighted by Gasteiger charge is 2.36. The Morgan fingerprint density at radius 1 is 1.26 bits per heavy atom. The van der Waals surface area contributed by atoms with E-state index in [1.165, 1.54) is 18.4 Å². The number of rotatable bonds is 2. The summed E-state index contributed by atoms with van der Waals surface area (Å²) in [5.74, 6) is 0.569. The van der Waals surface area contributed by atoms with E-state index in [1.807, 2.05) is 6.07 Å². The lowest BCUT2D eigenvalue weighted by atomic mass is 10.1. The molecule has 120 valence electrons. The van der Waals surface area contributed by atoms with E-state index < -0.39 is 17.8 Å². The third kappa shape index (κ3) is 3.17. The molecule has 1 aliphatic heterocycles. The van der Waals surface area contributed by atoms with Crippen LogP contribution in [0.25, 0.3) is 0 Å². The van der Waals surface area contributed by atoms with Crippen molar-refractivity contribution in [2.75, 3.05) is 24.6 Å². The highest BCUT2D eigenvalue weighted by Crippen LogP contribution is 2.38. The van der Waals surface area contributed by atoms with Crippen LogP contribution in [0.4, 0.5) is 18.9 Å². The average Bonchev–Trinajstić information content (AvgIpc) is 3.08. The van der Waals surface area contributed by atoms with Crippen molar-refractivity contribution in [3.63, 3.8) is 0 Å². The van der Waals surface area contributed by atoms with Gasteiger partial charge in [0.15, 0.2) is 0 Å². The number of furan rings is 1. The lowest BCUT2D eigenvalue weighted by Crippen LogP contribution is -2.39. The van der Waals surface area contributed by atoms with Gasteiger partial charge in [-0.2, -0.15) is 18.4 Å². The molecular weight excluding hydrogens is 309 g/mol. The lowest BCUT2D eigenvalue weighted by molar-refractivity contribution is -0.137. The third-order valence-corrected chi connectivity index (χ3v) is 3.70. The Morgan fingerprint density at radius 2 is 2.09 bits per heavy atom. The van der Waals surface area contributed by atoms with E-state index in [0.29, 0.717) is 12.3 Å². The Kier molecular flexibility index (Phi) is 4.01. The number of benzene rings is 1. The zero-order valence-corrected chi connectivity index (χ0v) is 12.0. The fraction of sp³-hybridized carbons (Fsp3) is 0.312. The van der Waals surface area contributed by atoms with Gasteiger partial charge in [0.1, 0.15) is 11.9 Å². The molecule has 1 aromatic carbocycles. The first-order valence-corrected chi connectivity index (χ1v) is 7.00. The summed E-state index contributed by atoms with van der Waals surface area (Å²) in [6.45, 7) is 0.820. The molecule has 0 radical (unpaired) electrons. The minimum absolute atomic E-state index is 0.00333. The van der Waals surface area contributed by atoms with Crippen LogP contribution in [-0.4, -0.2) is 19.7 Å². The molecule has 1 fully saturated rings. The minimum Gasteiger partial charge on any atom is -0.467 e. The van der Waals surface area contributed by atoms with Gasteiger partial charge in [0.2, 0.25) is 0 Å². The Labute approximate surface area is 130 Å². The maximum absolute atomic E-state index is 13.3. The average molecular weight is 322 g/mol. The van der Waals surface area contributed by atoms with Gasteiger partial charge in [-0.25, -0.2) is 0 Å². The highest BCUT2D eigenvalue weighted by atomic mass is 19.4. The smallest absolute Gasteiger partial charge is 0.418 e. The largest absolute Gasteiger partial charge is 0.467 e. The second kappa shape index (κ2) is 5.97. The summed E-state index contributed by atoms with van der Waals surface area (Å²) in [7, 11) is 0. The number of nitriles is 1. The summed E-state index contributed by atoms with van der Waals surface area (Å²) in [5.41, 5.74) is -0.568. The van der Waals surface area contributed by atoms with Crippen LogP contribution in [0.2, 0.25) is 0 Å². The number of halogens is 3. The van der Waals surface area contributed by atoms with Crippen molar-refractivity contribution in [1.29, 1.82) is 5.26 Å². The highest BCUT2D eigenvalue weighted by molar-refractivity contribution is 5.59. The van der Waals surface area contributed by atoms with E-state index in [9.17, 15) is 13.2 Å². The fourth-order valence-corrected chi connectivity index (χ4v) is 2.62. The normalized spacial score (nSPS) is 18.7. The Hall–Kier alpha value is -2.46. The number of anilines is 1. The van der Waals surface area contributed by atoms with E-state index in [0.717, 1.165) is 6.07 Å². The molecule has 23 heavy (non-hydrogen) atoms. The molecule has 2 aromatic rings. The van der Waals surface area contributed by atoms with Crippen LogP contribution in [0.1, 0.15) is 23.0 Å². The number of alkyl halides is 3. The van der Waals surface area contributed by atoms with Crippen LogP contribution in [0.3, 0.4) is 0 Å². The van der Waals surface area contributed by atoms with Crippen molar-refractivity contribution in [3.8, 4) is 6.07 Å². The molecule has 0 amide bonds. The number of nitrogens with zero attached hydrogens (tertiary/aromatic N) is 2. The van der Waals surface area contributed by atoms with Crippen molar-refractivity contribution in [2.24, 2.45) is 0 Å². The summed E-state index contributed by atoms with van der Waals surface area (Å²) >= 11 is 0. The topological polar surface area (TPSA) is 49.4 Å². The molecule has 4 nitrogen and oxygen atoms in total. The van der Waals surface area contributed by atoms with Crippen LogP contribution in [0.5, 0.6) is 0 Å². The van der Waals surface area contributed by atoms with Crippen molar-refractivity contribution in [2.45, 2.75) is 12.3 Å². The summed E-state index contributed by atoms with van der Waals surface area (Å²) < 4.78 is 50.6. The molecule has 1 aliphatic rings. The first-order valence-electron chi connectivity index (χ1n) is 7.00. The molecule has 1 atom stereocenters. The van der Waals surface area contributed by atoms with Crippen LogP contribution >= 0.6 is 0 Å². The van der Waals surface area contributed by atoms with Crippen molar-refractivity contribution in [1.82, 2.24) is 0 Å². The maximum Gasteiger partial charge on any atom is 0.418 e. The maximum atomic E-state index is 13.3. The number of hydrogen-bond acceptors (Lipinski definition) is 4. The Morgan fingerprint density at radius 3 is 2.74 bits per heavy atom. The molecule has 0 N–H and O–H groups in total. The van der Waals surface area contributed by atoms with Gasteiger partial charge in [0, 0.05) is 6.54 Å². The van der Waals surface area contributed by atoms with Crippen molar-refractivity contribution in [3.05, 3.63) is 53.5 Å². The predicted octanol–water partition coefficient (Wildman–Crippen LogP) is 3.75. The zero-order valence-electron chi connectivity index (χ0n) is 12.0. The molecule has 1 saturated heterocycles. The van der Waals surface area contributed by atoms with Gasteiger partial charge in [-0.15, -0.1) is 0 Å². The third-order valence-electron chi connectivity index (χ3n) is 3.70. The molecule has 0 saturated carbocycles. The van der Waals surface area contributed by atoms with Gasteiger partial charge in [-0.3, -0.25) is 0 Å². The van der Waals surface area contributed by atoms with E-state index in [4.69, 9.17) is 14.4 Å². The van der Waals surface area contributed by atoms with Crippen LogP contribution in [0, 0.1) is 11.3 Å². The minimum atomic E-state index is -4.48. The van der Waals surface area contributed by atoms with E-state index in [-0.39, 0.29) is 24.4 Å². The summed E-state index contributed by atoms with van der Waals surface area (Å²) in [4.78, 5) is 1.58. The quantitative estimate of drug-likeness (QED) is 0.845. The van der Waals surface area contributed by atoms with E-state index >= 15 is 0 Å². The predicted molar refractivity (Wildman–Crippen MR) is 75.8 cm³/mol. The monoisotopic (exact) mass is 322 g/mol. The molecule has 3 rings (SSSR count). The van der Waals surface area contributed by atoms with Gasteiger partial charge >= 0.3 is 6.18 Å². The molecular formula is C16H13F3N2O2. The van der Waals surface area contributed by atoms with Crippen molar-refractivity contribution >= 4 is 5.69 Å². The molecule has 7 heteroatoms. The Balaban J connectivity index is 1.95. The van der Waals surface area contributed by atoms with Gasteiger partial charge in [0.05, 0.1) is 42.3 Å². The summed E-state index contributed by atoms with van der Waals surface area (Å²) in [6, 6.07) is 8.71. The molecule has 0 spiro atoms. The van der Waals surface area contributed by atoms with Crippen LogP contribution in [-0.2, 0) is 10.9 Å². The number of hydrogen-bond donors (Lipinski definition) is 0. The molecule has 1 aromatic heterocycles. The SMILES string of the molecule is N#Cc1ccc(C(F)(F)F)c(N2CCOC(c3ccco3)C2)c1. The first kappa shape index (κ1) is 15.4. The lowest BCUT2D eigenvalue weighted by Gasteiger charge is -2.35. The second-order valence-corrected chi connectivity index (χ2v) is 5.16. The second-order valence-electron chi connectivity index (χ2n) is 5.16. The molecule has 2 heterocycles. The zero-order chi connectivity index (χ0) is 16.4. The van der Waals surface area contributed by atoms with Gasteiger partial charge in [-0.1, -0.05) is 0 Å². The molecule has 0 bridgehead atoms. The van der Waals surface area contributed by atoms with Gasteiger partial charge < -0.3 is 14.1 Å². The van der Waals surface area contributed by atoms with E-state index in [1.54, 1.807) is 17.0 Å². The molecule has 0 aliphatic carbocycles. The van der Waals surface area contributed by atoms with Crippen LogP contribution < -0.4 is 4.90 Å². The van der Waals surface area contributed by atoms with Gasteiger partial charge in [-0.05, 0) is 30.3 Å². The number of morpholine rings is 1. The summed E-state index contributed by atoms with van der Waals surface area (Å²) in [6.07, 6.45) is -3.43. The summed E-state index contributed by atoms with van der Waals surface area (Å²) in [5, 5.41) is 8.97. The first-order chi connectivity index (χ1) is 11.0. The molecule has 1 unspecified atom stereocenters. The fourth-order valence-electron chi connectivity index (χ4n) is 2.62. The van der Waals surface area contributed by atoms with E-state index in [2.05, 4.69) is 0 Å². The van der Waals surface area contributed by atoms with Gasteiger partial charge in [0.25, 0.3) is 0 Å². The standard InChI is InChI=1S/C16H13F3N2O2/c17-16(18,19)12-4-3-11(9-20)8-13(12)21-5-7-23-15(10-21)14-2-1-6-22-14/h1-4,6,8,15H,5,7,10H2. The number of ether oxygens (including phenoxy) is 1.